The lowest BCUT2D eigenvalue weighted by Crippen LogP contribution is -2.24. The average molecular weight is 437 g/mol. The third-order valence-electron chi connectivity index (χ3n) is 3.62. The minimum absolute atomic E-state index is 0.0151. The van der Waals surface area contributed by atoms with Crippen LogP contribution in [0.2, 0.25) is 0 Å². The molecular formula is C17H13BrN2O5S. The zero-order chi connectivity index (χ0) is 18.9. The van der Waals surface area contributed by atoms with Crippen LogP contribution in [-0.4, -0.2) is 14.3 Å². The van der Waals surface area contributed by atoms with E-state index in [0.29, 0.717) is 16.5 Å². The minimum atomic E-state index is -3.76. The molecule has 3 rings (SSSR count). The van der Waals surface area contributed by atoms with Gasteiger partial charge in [0.2, 0.25) is 10.0 Å². The van der Waals surface area contributed by atoms with E-state index < -0.39 is 15.9 Å². The Bertz CT molecular complexity index is 1150. The van der Waals surface area contributed by atoms with Gasteiger partial charge in [-0.25, -0.2) is 13.6 Å². The van der Waals surface area contributed by atoms with Gasteiger partial charge in [-0.2, -0.15) is 0 Å². The normalized spacial score (nSPS) is 11.5. The quantitative estimate of drug-likeness (QED) is 0.648. The zero-order valence-corrected chi connectivity index (χ0v) is 15.6. The molecule has 134 valence electrons. The van der Waals surface area contributed by atoms with Gasteiger partial charge in [0.15, 0.2) is 11.2 Å². The lowest BCUT2D eigenvalue weighted by atomic mass is 10.2. The molecule has 26 heavy (non-hydrogen) atoms. The molecule has 1 aromatic heterocycles. The molecule has 0 bridgehead atoms. The van der Waals surface area contributed by atoms with E-state index in [0.717, 1.165) is 10.5 Å². The number of fused-ring (bicyclic) bond motifs is 1. The molecule has 0 radical (unpaired) electrons. The predicted molar refractivity (Wildman–Crippen MR) is 99.2 cm³/mol. The lowest BCUT2D eigenvalue weighted by Gasteiger charge is -2.06. The fourth-order valence-corrected chi connectivity index (χ4v) is 3.16. The Balaban J connectivity index is 1.78. The lowest BCUT2D eigenvalue weighted by molar-refractivity contribution is 0.0923. The second-order valence-electron chi connectivity index (χ2n) is 5.49. The van der Waals surface area contributed by atoms with Crippen molar-refractivity contribution in [2.24, 2.45) is 5.14 Å². The zero-order valence-electron chi connectivity index (χ0n) is 13.2. The third-order valence-corrected chi connectivity index (χ3v) is 5.04. The van der Waals surface area contributed by atoms with Crippen molar-refractivity contribution < 1.29 is 17.6 Å². The number of nitrogens with two attached hydrogens (primary N) is 1. The van der Waals surface area contributed by atoms with E-state index in [-0.39, 0.29) is 22.6 Å². The van der Waals surface area contributed by atoms with Crippen LogP contribution in [0.5, 0.6) is 0 Å². The van der Waals surface area contributed by atoms with Crippen LogP contribution in [0.4, 0.5) is 0 Å². The van der Waals surface area contributed by atoms with Crippen molar-refractivity contribution in [3.63, 3.8) is 0 Å². The summed E-state index contributed by atoms with van der Waals surface area (Å²) in [5.41, 5.74) is 0.646. The second kappa shape index (κ2) is 7.02. The average Bonchev–Trinajstić information content (AvgIpc) is 2.58. The summed E-state index contributed by atoms with van der Waals surface area (Å²) in [6.45, 7) is 0.129. The Kier molecular flexibility index (Phi) is 4.94. The van der Waals surface area contributed by atoms with Gasteiger partial charge in [0.05, 0.1) is 10.3 Å². The topological polar surface area (TPSA) is 119 Å². The van der Waals surface area contributed by atoms with E-state index in [1.165, 1.54) is 24.3 Å². The highest BCUT2D eigenvalue weighted by atomic mass is 79.9. The molecule has 0 spiro atoms. The van der Waals surface area contributed by atoms with E-state index in [9.17, 15) is 18.0 Å². The molecular weight excluding hydrogens is 424 g/mol. The first-order valence-electron chi connectivity index (χ1n) is 7.37. The van der Waals surface area contributed by atoms with E-state index >= 15 is 0 Å². The van der Waals surface area contributed by atoms with Crippen LogP contribution >= 0.6 is 15.9 Å². The molecule has 0 saturated carbocycles. The van der Waals surface area contributed by atoms with Crippen LogP contribution in [0, 0.1) is 0 Å². The van der Waals surface area contributed by atoms with Crippen LogP contribution in [0.15, 0.2) is 67.1 Å². The first-order valence-corrected chi connectivity index (χ1v) is 9.71. The SMILES string of the molecule is NS(=O)(=O)c1ccc(CNC(=O)c2cc(=O)c3ccc(Br)cc3o2)cc1. The molecule has 0 saturated heterocycles. The number of carbonyl (C=O) groups is 1. The number of primary sulfonamides is 1. The molecule has 0 fully saturated rings. The maximum absolute atomic E-state index is 12.3. The Morgan fingerprint density at radius 2 is 1.81 bits per heavy atom. The molecule has 1 heterocycles. The number of sulfonamides is 1. The minimum Gasteiger partial charge on any atom is -0.451 e. The fourth-order valence-electron chi connectivity index (χ4n) is 2.31. The Hall–Kier alpha value is -2.49. The third kappa shape index (κ3) is 4.01. The molecule has 0 aliphatic rings. The largest absolute Gasteiger partial charge is 0.451 e. The van der Waals surface area contributed by atoms with E-state index in [1.54, 1.807) is 18.2 Å². The Morgan fingerprint density at radius 3 is 2.46 bits per heavy atom. The second-order valence-corrected chi connectivity index (χ2v) is 7.96. The summed E-state index contributed by atoms with van der Waals surface area (Å²) in [5.74, 6) is -0.666. The number of hydrogen-bond donors (Lipinski definition) is 2. The van der Waals surface area contributed by atoms with E-state index in [4.69, 9.17) is 9.56 Å². The van der Waals surface area contributed by atoms with Gasteiger partial charge >= 0.3 is 0 Å². The van der Waals surface area contributed by atoms with Crippen LogP contribution in [0.25, 0.3) is 11.0 Å². The number of nitrogens with one attached hydrogen (secondary N) is 1. The molecule has 3 aromatic rings. The predicted octanol–water partition coefficient (Wildman–Crippen LogP) is 2.13. The molecule has 0 aliphatic carbocycles. The summed E-state index contributed by atoms with van der Waals surface area (Å²) in [7, 11) is -3.76. The molecule has 3 N–H and O–H groups in total. The van der Waals surface area contributed by atoms with Gasteiger partial charge in [0.1, 0.15) is 5.58 Å². The van der Waals surface area contributed by atoms with Gasteiger partial charge in [-0.3, -0.25) is 9.59 Å². The highest BCUT2D eigenvalue weighted by molar-refractivity contribution is 9.10. The monoisotopic (exact) mass is 436 g/mol. The van der Waals surface area contributed by atoms with Crippen molar-refractivity contribution in [3.8, 4) is 0 Å². The van der Waals surface area contributed by atoms with Crippen molar-refractivity contribution in [3.05, 3.63) is 74.6 Å². The summed E-state index contributed by atoms with van der Waals surface area (Å²) in [4.78, 5) is 24.3. The molecule has 7 nitrogen and oxygen atoms in total. The number of hydrogen-bond acceptors (Lipinski definition) is 5. The molecule has 1 amide bonds. The van der Waals surface area contributed by atoms with Crippen LogP contribution in [0.3, 0.4) is 0 Å². The van der Waals surface area contributed by atoms with E-state index in [2.05, 4.69) is 21.2 Å². The smallest absolute Gasteiger partial charge is 0.287 e. The Morgan fingerprint density at radius 1 is 1.12 bits per heavy atom. The van der Waals surface area contributed by atoms with Crippen molar-refractivity contribution in [1.29, 1.82) is 0 Å². The van der Waals surface area contributed by atoms with Gasteiger partial charge in [-0.05, 0) is 35.9 Å². The maximum Gasteiger partial charge on any atom is 0.287 e. The summed E-state index contributed by atoms with van der Waals surface area (Å²) < 4.78 is 28.7. The van der Waals surface area contributed by atoms with Crippen molar-refractivity contribution in [1.82, 2.24) is 5.32 Å². The first kappa shape index (κ1) is 18.3. The van der Waals surface area contributed by atoms with Gasteiger partial charge in [0, 0.05) is 17.1 Å². The Labute approximate surface area is 157 Å². The summed E-state index contributed by atoms with van der Waals surface area (Å²) in [6.07, 6.45) is 0. The molecule has 0 atom stereocenters. The van der Waals surface area contributed by atoms with E-state index in [1.807, 2.05) is 0 Å². The van der Waals surface area contributed by atoms with Crippen LogP contribution < -0.4 is 15.9 Å². The van der Waals surface area contributed by atoms with Gasteiger partial charge in [-0.15, -0.1) is 0 Å². The number of amides is 1. The summed E-state index contributed by atoms with van der Waals surface area (Å²) >= 11 is 3.29. The van der Waals surface area contributed by atoms with Crippen LogP contribution in [-0.2, 0) is 16.6 Å². The molecule has 0 aliphatic heterocycles. The van der Waals surface area contributed by atoms with Gasteiger partial charge < -0.3 is 9.73 Å². The number of rotatable bonds is 4. The van der Waals surface area contributed by atoms with Crippen LogP contribution in [0.1, 0.15) is 16.1 Å². The van der Waals surface area contributed by atoms with Crippen molar-refractivity contribution >= 4 is 42.8 Å². The number of carbonyl (C=O) groups excluding carboxylic acids is 1. The molecule has 9 heteroatoms. The fraction of sp³-hybridized carbons (Fsp3) is 0.0588. The summed E-state index contributed by atoms with van der Waals surface area (Å²) in [5, 5.41) is 8.03. The number of benzene rings is 2. The first-order chi connectivity index (χ1) is 12.2. The molecule has 2 aromatic carbocycles. The number of halogens is 1. The van der Waals surface area contributed by atoms with Gasteiger partial charge in [0.25, 0.3) is 5.91 Å². The highest BCUT2D eigenvalue weighted by Gasteiger charge is 2.13. The van der Waals surface area contributed by atoms with Crippen molar-refractivity contribution in [2.45, 2.75) is 11.4 Å². The van der Waals surface area contributed by atoms with Crippen molar-refractivity contribution in [2.75, 3.05) is 0 Å². The highest BCUT2D eigenvalue weighted by Crippen LogP contribution is 2.18. The maximum atomic E-state index is 12.3. The standard InChI is InChI=1S/C17H13BrN2O5S/c18-11-3-6-13-14(21)8-16(25-15(13)7-11)17(22)20-9-10-1-4-12(5-2-10)26(19,23)24/h1-8H,9H2,(H,20,22)(H2,19,23,24). The van der Waals surface area contributed by atoms with Gasteiger partial charge in [-0.1, -0.05) is 28.1 Å². The molecule has 0 unspecified atom stereocenters. The summed E-state index contributed by atoms with van der Waals surface area (Å²) in [6, 6.07) is 11.8.